The monoisotopic (exact) mass is 295 g/mol. The van der Waals surface area contributed by atoms with Gasteiger partial charge in [-0.15, -0.1) is 0 Å². The van der Waals surface area contributed by atoms with Crippen molar-refractivity contribution in [1.82, 2.24) is 10.2 Å². The second-order valence-corrected chi connectivity index (χ2v) is 5.22. The van der Waals surface area contributed by atoms with Crippen molar-refractivity contribution in [3.63, 3.8) is 0 Å². The number of hydrogen-bond acceptors (Lipinski definition) is 6. The number of hydrogen-bond donors (Lipinski definition) is 2. The molecule has 7 nitrogen and oxygen atoms in total. The molecule has 1 saturated heterocycles. The minimum absolute atomic E-state index is 0.0428. The van der Waals surface area contributed by atoms with Gasteiger partial charge in [0.1, 0.15) is 18.5 Å². The lowest BCUT2D eigenvalue weighted by atomic mass is 10.2. The number of nitrogens with one attached hydrogen (secondary N) is 1. The lowest BCUT2D eigenvalue weighted by molar-refractivity contribution is -0.384. The van der Waals surface area contributed by atoms with E-state index in [4.69, 9.17) is 4.74 Å². The number of rotatable bonds is 6. The first kappa shape index (κ1) is 15.7. The number of benzene rings is 1. The highest BCUT2D eigenvalue weighted by Crippen LogP contribution is 2.23. The fourth-order valence-corrected chi connectivity index (χ4v) is 2.34. The van der Waals surface area contributed by atoms with Gasteiger partial charge in [0, 0.05) is 44.9 Å². The number of piperazine rings is 1. The summed E-state index contributed by atoms with van der Waals surface area (Å²) in [5.74, 6) is 0.569. The van der Waals surface area contributed by atoms with Gasteiger partial charge in [-0.25, -0.2) is 0 Å². The molecule has 1 aliphatic rings. The zero-order valence-electron chi connectivity index (χ0n) is 12.1. The van der Waals surface area contributed by atoms with E-state index in [2.05, 4.69) is 10.2 Å². The summed E-state index contributed by atoms with van der Waals surface area (Å²) in [4.78, 5) is 12.4. The van der Waals surface area contributed by atoms with Gasteiger partial charge in [0.15, 0.2) is 0 Å². The van der Waals surface area contributed by atoms with Gasteiger partial charge < -0.3 is 15.2 Å². The van der Waals surface area contributed by atoms with E-state index in [0.717, 1.165) is 26.2 Å². The van der Waals surface area contributed by atoms with E-state index in [1.54, 1.807) is 13.0 Å². The van der Waals surface area contributed by atoms with Crippen LogP contribution < -0.4 is 10.1 Å². The van der Waals surface area contributed by atoms with Crippen LogP contribution in [0, 0.1) is 17.0 Å². The summed E-state index contributed by atoms with van der Waals surface area (Å²) < 4.78 is 5.56. The molecule has 1 heterocycles. The maximum Gasteiger partial charge on any atom is 0.269 e. The number of ether oxygens (including phenoxy) is 1. The fraction of sp³-hybridized carbons (Fsp3) is 0.571. The van der Waals surface area contributed by atoms with Crippen molar-refractivity contribution >= 4 is 5.69 Å². The smallest absolute Gasteiger partial charge is 0.269 e. The first-order valence-electron chi connectivity index (χ1n) is 7.05. The van der Waals surface area contributed by atoms with Crippen molar-refractivity contribution < 1.29 is 14.8 Å². The molecule has 2 rings (SSSR count). The number of nitrogens with zero attached hydrogens (tertiary/aromatic N) is 2. The van der Waals surface area contributed by atoms with E-state index in [-0.39, 0.29) is 12.3 Å². The van der Waals surface area contributed by atoms with Crippen molar-refractivity contribution in [3.8, 4) is 5.75 Å². The molecular formula is C14H21N3O4. The largest absolute Gasteiger partial charge is 0.491 e. The van der Waals surface area contributed by atoms with Gasteiger partial charge in [0.25, 0.3) is 5.69 Å². The van der Waals surface area contributed by atoms with E-state index in [9.17, 15) is 15.2 Å². The molecule has 1 aromatic carbocycles. The van der Waals surface area contributed by atoms with Gasteiger partial charge in [-0.05, 0) is 18.6 Å². The highest BCUT2D eigenvalue weighted by molar-refractivity contribution is 5.42. The standard InChI is InChI=1S/C14H21N3O4/c1-11-8-12(17(19)20)2-3-14(11)21-10-13(18)9-16-6-4-15-5-7-16/h2-3,8,13,15,18H,4-7,9-10H2,1H3. The third-order valence-corrected chi connectivity index (χ3v) is 3.48. The predicted octanol–water partition coefficient (Wildman–Crippen LogP) is 0.548. The van der Waals surface area contributed by atoms with Gasteiger partial charge in [0.05, 0.1) is 4.92 Å². The molecule has 1 aromatic rings. The number of aliphatic hydroxyl groups excluding tert-OH is 1. The Kier molecular flexibility index (Phi) is 5.49. The molecule has 1 fully saturated rings. The van der Waals surface area contributed by atoms with E-state index in [1.165, 1.54) is 12.1 Å². The van der Waals surface area contributed by atoms with Crippen LogP contribution >= 0.6 is 0 Å². The van der Waals surface area contributed by atoms with Crippen molar-refractivity contribution in [2.75, 3.05) is 39.3 Å². The molecule has 0 saturated carbocycles. The summed E-state index contributed by atoms with van der Waals surface area (Å²) in [7, 11) is 0. The number of aryl methyl sites for hydroxylation is 1. The molecule has 0 aliphatic carbocycles. The molecular weight excluding hydrogens is 274 g/mol. The number of β-amino-alcohol motifs (C(OH)–C–C–N with tert-alkyl or cyclic N) is 1. The number of non-ortho nitro benzene ring substituents is 1. The molecule has 0 spiro atoms. The first-order valence-corrected chi connectivity index (χ1v) is 7.05. The average Bonchev–Trinajstić information content (AvgIpc) is 2.47. The summed E-state index contributed by atoms with van der Waals surface area (Å²) in [6.07, 6.45) is -0.572. The van der Waals surface area contributed by atoms with Gasteiger partial charge in [-0.2, -0.15) is 0 Å². The Morgan fingerprint density at radius 1 is 1.48 bits per heavy atom. The van der Waals surface area contributed by atoms with Gasteiger partial charge in [0.2, 0.25) is 0 Å². The van der Waals surface area contributed by atoms with Crippen molar-refractivity contribution in [2.24, 2.45) is 0 Å². The zero-order valence-corrected chi connectivity index (χ0v) is 12.1. The normalized spacial score (nSPS) is 17.4. The quantitative estimate of drug-likeness (QED) is 0.588. The lowest BCUT2D eigenvalue weighted by Gasteiger charge is -2.29. The summed E-state index contributed by atoms with van der Waals surface area (Å²) in [5, 5.41) is 23.9. The highest BCUT2D eigenvalue weighted by Gasteiger charge is 2.15. The molecule has 0 aromatic heterocycles. The molecule has 7 heteroatoms. The van der Waals surface area contributed by atoms with Crippen molar-refractivity contribution in [3.05, 3.63) is 33.9 Å². The summed E-state index contributed by atoms with van der Waals surface area (Å²) in [6, 6.07) is 4.45. The maximum atomic E-state index is 10.7. The van der Waals surface area contributed by atoms with E-state index in [0.29, 0.717) is 17.9 Å². The molecule has 21 heavy (non-hydrogen) atoms. The van der Waals surface area contributed by atoms with Crippen LogP contribution in [0.5, 0.6) is 5.75 Å². The van der Waals surface area contributed by atoms with Crippen LogP contribution in [-0.4, -0.2) is 60.4 Å². The van der Waals surface area contributed by atoms with Crippen LogP contribution in [0.15, 0.2) is 18.2 Å². The molecule has 1 atom stereocenters. The molecule has 0 amide bonds. The molecule has 1 unspecified atom stereocenters. The molecule has 2 N–H and O–H groups in total. The van der Waals surface area contributed by atoms with Crippen molar-refractivity contribution in [2.45, 2.75) is 13.0 Å². The molecule has 0 bridgehead atoms. The van der Waals surface area contributed by atoms with Gasteiger partial charge in [-0.1, -0.05) is 0 Å². The van der Waals surface area contributed by atoms with E-state index < -0.39 is 11.0 Å². The predicted molar refractivity (Wildman–Crippen MR) is 78.6 cm³/mol. The van der Waals surface area contributed by atoms with E-state index in [1.807, 2.05) is 0 Å². The van der Waals surface area contributed by atoms with Gasteiger partial charge >= 0.3 is 0 Å². The van der Waals surface area contributed by atoms with Crippen molar-refractivity contribution in [1.29, 1.82) is 0 Å². The Balaban J connectivity index is 1.83. The van der Waals surface area contributed by atoms with Crippen LogP contribution in [0.4, 0.5) is 5.69 Å². The van der Waals surface area contributed by atoms with Crippen LogP contribution in [0.3, 0.4) is 0 Å². The van der Waals surface area contributed by atoms with Gasteiger partial charge in [-0.3, -0.25) is 15.0 Å². The molecule has 116 valence electrons. The van der Waals surface area contributed by atoms with Crippen LogP contribution in [0.2, 0.25) is 0 Å². The summed E-state index contributed by atoms with van der Waals surface area (Å²) >= 11 is 0. The lowest BCUT2D eigenvalue weighted by Crippen LogP contribution is -2.47. The summed E-state index contributed by atoms with van der Waals surface area (Å²) in [6.45, 7) is 6.24. The third kappa shape index (κ3) is 4.66. The van der Waals surface area contributed by atoms with Crippen LogP contribution in [0.25, 0.3) is 0 Å². The number of nitro benzene ring substituents is 1. The minimum Gasteiger partial charge on any atom is -0.491 e. The minimum atomic E-state index is -0.572. The Morgan fingerprint density at radius 3 is 2.81 bits per heavy atom. The highest BCUT2D eigenvalue weighted by atomic mass is 16.6. The van der Waals surface area contributed by atoms with E-state index >= 15 is 0 Å². The second-order valence-electron chi connectivity index (χ2n) is 5.22. The Morgan fingerprint density at radius 2 is 2.19 bits per heavy atom. The fourth-order valence-electron chi connectivity index (χ4n) is 2.34. The zero-order chi connectivity index (χ0) is 15.2. The second kappa shape index (κ2) is 7.35. The number of aliphatic hydroxyl groups is 1. The Hall–Kier alpha value is -1.70. The van der Waals surface area contributed by atoms with Crippen LogP contribution in [-0.2, 0) is 0 Å². The molecule has 0 radical (unpaired) electrons. The summed E-state index contributed by atoms with van der Waals surface area (Å²) in [5.41, 5.74) is 0.736. The topological polar surface area (TPSA) is 87.9 Å². The maximum absolute atomic E-state index is 10.7. The van der Waals surface area contributed by atoms with Crippen LogP contribution in [0.1, 0.15) is 5.56 Å². The Bertz CT molecular complexity index is 489. The average molecular weight is 295 g/mol. The third-order valence-electron chi connectivity index (χ3n) is 3.48. The molecule has 1 aliphatic heterocycles. The Labute approximate surface area is 123 Å². The number of nitro groups is 1. The first-order chi connectivity index (χ1) is 10.1. The SMILES string of the molecule is Cc1cc([N+](=O)[O-])ccc1OCC(O)CN1CCNCC1.